The number of rotatable bonds is 3. The van der Waals surface area contributed by atoms with Crippen molar-refractivity contribution in [1.82, 2.24) is 9.78 Å². The van der Waals surface area contributed by atoms with Gasteiger partial charge in [0.1, 0.15) is 24.1 Å². The molecule has 0 radical (unpaired) electrons. The van der Waals surface area contributed by atoms with Gasteiger partial charge in [-0.1, -0.05) is 29.8 Å². The van der Waals surface area contributed by atoms with E-state index < -0.39 is 0 Å². The Kier molecular flexibility index (Phi) is 3.51. The molecular weight excluding hydrogens is 286 g/mol. The van der Waals surface area contributed by atoms with Crippen molar-refractivity contribution < 1.29 is 4.74 Å². The van der Waals surface area contributed by atoms with Crippen LogP contribution < -0.4 is 4.74 Å². The number of aryl methyl sites for hydroxylation is 1. The monoisotopic (exact) mass is 297 g/mol. The topological polar surface area (TPSA) is 50.8 Å². The molecule has 1 aromatic heterocycles. The van der Waals surface area contributed by atoms with Gasteiger partial charge in [0.2, 0.25) is 0 Å². The number of fused-ring (bicyclic) bond motifs is 1. The quantitative estimate of drug-likeness (QED) is 0.741. The van der Waals surface area contributed by atoms with Crippen LogP contribution in [0.4, 0.5) is 0 Å². The van der Waals surface area contributed by atoms with Crippen LogP contribution >= 0.6 is 11.6 Å². The van der Waals surface area contributed by atoms with Crippen molar-refractivity contribution in [2.75, 3.05) is 0 Å². The van der Waals surface area contributed by atoms with Crippen molar-refractivity contribution in [2.24, 2.45) is 7.05 Å². The molecule has 0 fully saturated rings. The molecule has 0 N–H and O–H groups in total. The zero-order valence-electron chi connectivity index (χ0n) is 11.4. The van der Waals surface area contributed by atoms with E-state index in [4.69, 9.17) is 21.6 Å². The number of nitrogens with zero attached hydrogens (tertiary/aromatic N) is 3. The van der Waals surface area contributed by atoms with Crippen LogP contribution in [-0.2, 0) is 13.7 Å². The minimum absolute atomic E-state index is 0.288. The first-order valence-electron chi connectivity index (χ1n) is 6.42. The van der Waals surface area contributed by atoms with Gasteiger partial charge in [0, 0.05) is 23.5 Å². The summed E-state index contributed by atoms with van der Waals surface area (Å²) in [5.41, 5.74) is 2.33. The molecule has 1 heterocycles. The van der Waals surface area contributed by atoms with E-state index in [1.807, 2.05) is 36.0 Å². The van der Waals surface area contributed by atoms with Crippen molar-refractivity contribution in [3.63, 3.8) is 0 Å². The molecule has 0 saturated heterocycles. The van der Waals surface area contributed by atoms with Crippen molar-refractivity contribution >= 4 is 22.5 Å². The van der Waals surface area contributed by atoms with Gasteiger partial charge in [0.15, 0.2) is 0 Å². The van der Waals surface area contributed by atoms with Crippen LogP contribution in [0.5, 0.6) is 5.75 Å². The van der Waals surface area contributed by atoms with Crippen LogP contribution in [0.3, 0.4) is 0 Å². The highest BCUT2D eigenvalue weighted by Crippen LogP contribution is 2.25. The predicted molar refractivity (Wildman–Crippen MR) is 81.2 cm³/mol. The van der Waals surface area contributed by atoms with E-state index in [2.05, 4.69) is 11.2 Å². The molecule has 0 atom stereocenters. The normalized spacial score (nSPS) is 10.5. The third-order valence-electron chi connectivity index (χ3n) is 3.26. The minimum Gasteiger partial charge on any atom is -0.486 e. The van der Waals surface area contributed by atoms with Crippen molar-refractivity contribution in [3.8, 4) is 11.8 Å². The lowest BCUT2D eigenvalue weighted by Crippen LogP contribution is -1.99. The van der Waals surface area contributed by atoms with E-state index in [0.29, 0.717) is 16.3 Å². The molecule has 5 heteroatoms. The molecule has 2 aromatic carbocycles. The van der Waals surface area contributed by atoms with Gasteiger partial charge in [0.25, 0.3) is 0 Å². The highest BCUT2D eigenvalue weighted by Gasteiger charge is 2.10. The Hall–Kier alpha value is -2.51. The zero-order valence-corrected chi connectivity index (χ0v) is 12.1. The highest BCUT2D eigenvalue weighted by molar-refractivity contribution is 6.30. The molecule has 0 saturated carbocycles. The second kappa shape index (κ2) is 5.47. The molecule has 21 heavy (non-hydrogen) atoms. The molecule has 0 bridgehead atoms. The number of hydrogen-bond acceptors (Lipinski definition) is 3. The Labute approximate surface area is 127 Å². The standard InChI is InChI=1S/C16H12ClN3O/c1-20-15-5-3-2-4-13(15)14(19-20)10-21-16-8-12(17)7-6-11(16)9-18/h2-8H,10H2,1H3. The van der Waals surface area contributed by atoms with Crippen molar-refractivity contribution in [3.05, 3.63) is 58.7 Å². The predicted octanol–water partition coefficient (Wildman–Crippen LogP) is 3.68. The smallest absolute Gasteiger partial charge is 0.139 e. The van der Waals surface area contributed by atoms with Crippen molar-refractivity contribution in [1.29, 1.82) is 5.26 Å². The van der Waals surface area contributed by atoms with Crippen LogP contribution in [0.2, 0.25) is 5.02 Å². The largest absolute Gasteiger partial charge is 0.486 e. The molecule has 4 nitrogen and oxygen atoms in total. The molecule has 3 rings (SSSR count). The van der Waals surface area contributed by atoms with Crippen molar-refractivity contribution in [2.45, 2.75) is 6.61 Å². The second-order valence-electron chi connectivity index (χ2n) is 4.63. The van der Waals surface area contributed by atoms with Gasteiger partial charge in [0.05, 0.1) is 11.1 Å². The first-order valence-corrected chi connectivity index (χ1v) is 6.80. The maximum Gasteiger partial charge on any atom is 0.139 e. The van der Waals surface area contributed by atoms with Crippen LogP contribution in [0.1, 0.15) is 11.3 Å². The zero-order chi connectivity index (χ0) is 14.8. The summed E-state index contributed by atoms with van der Waals surface area (Å²) in [5, 5.41) is 15.1. The number of nitriles is 1. The summed E-state index contributed by atoms with van der Waals surface area (Å²) < 4.78 is 7.55. The Morgan fingerprint density at radius 2 is 2.10 bits per heavy atom. The average Bonchev–Trinajstić information content (AvgIpc) is 2.82. The summed E-state index contributed by atoms with van der Waals surface area (Å²) in [5.74, 6) is 0.472. The van der Waals surface area contributed by atoms with Gasteiger partial charge >= 0.3 is 0 Å². The molecule has 0 aliphatic heterocycles. The number of halogens is 1. The van der Waals surface area contributed by atoms with Gasteiger partial charge in [-0.05, 0) is 18.2 Å². The molecule has 0 unspecified atom stereocenters. The summed E-state index contributed by atoms with van der Waals surface area (Å²) in [6.45, 7) is 0.288. The van der Waals surface area contributed by atoms with Gasteiger partial charge in [-0.15, -0.1) is 0 Å². The summed E-state index contributed by atoms with van der Waals surface area (Å²) in [6.07, 6.45) is 0. The number of aromatic nitrogens is 2. The Balaban J connectivity index is 1.91. The molecule has 0 spiro atoms. The van der Waals surface area contributed by atoms with E-state index in [0.717, 1.165) is 16.6 Å². The highest BCUT2D eigenvalue weighted by atomic mass is 35.5. The Morgan fingerprint density at radius 1 is 1.29 bits per heavy atom. The lowest BCUT2D eigenvalue weighted by atomic mass is 10.2. The summed E-state index contributed by atoms with van der Waals surface area (Å²) in [4.78, 5) is 0. The Bertz CT molecular complexity index is 848. The van der Waals surface area contributed by atoms with Crippen LogP contribution in [0.15, 0.2) is 42.5 Å². The third kappa shape index (κ3) is 2.56. The first kappa shape index (κ1) is 13.5. The fraction of sp³-hybridized carbons (Fsp3) is 0.125. The van der Waals surface area contributed by atoms with Crippen LogP contribution in [-0.4, -0.2) is 9.78 Å². The van der Waals surface area contributed by atoms with Crippen LogP contribution in [0.25, 0.3) is 10.9 Å². The van der Waals surface area contributed by atoms with Gasteiger partial charge in [-0.3, -0.25) is 4.68 Å². The number of benzene rings is 2. The fourth-order valence-corrected chi connectivity index (χ4v) is 2.41. The number of ether oxygens (including phenoxy) is 1. The maximum atomic E-state index is 9.09. The summed E-state index contributed by atoms with van der Waals surface area (Å²) in [6, 6.07) is 15.0. The van der Waals surface area contributed by atoms with E-state index in [1.54, 1.807) is 18.2 Å². The van der Waals surface area contributed by atoms with E-state index in [9.17, 15) is 0 Å². The summed E-state index contributed by atoms with van der Waals surface area (Å²) >= 11 is 5.95. The maximum absolute atomic E-state index is 9.09. The molecule has 0 aliphatic rings. The third-order valence-corrected chi connectivity index (χ3v) is 3.50. The Morgan fingerprint density at radius 3 is 2.90 bits per heavy atom. The average molecular weight is 298 g/mol. The van der Waals surface area contributed by atoms with Gasteiger partial charge < -0.3 is 4.74 Å². The number of hydrogen-bond donors (Lipinski definition) is 0. The lowest BCUT2D eigenvalue weighted by Gasteiger charge is -2.06. The molecule has 104 valence electrons. The van der Waals surface area contributed by atoms with Crippen LogP contribution in [0, 0.1) is 11.3 Å². The molecular formula is C16H12ClN3O. The molecule has 0 amide bonds. The first-order chi connectivity index (χ1) is 10.2. The van der Waals surface area contributed by atoms with E-state index in [-0.39, 0.29) is 6.61 Å². The SMILES string of the molecule is Cn1nc(COc2cc(Cl)ccc2C#N)c2ccccc21. The van der Waals surface area contributed by atoms with Gasteiger partial charge in [-0.2, -0.15) is 10.4 Å². The second-order valence-corrected chi connectivity index (χ2v) is 5.06. The summed E-state index contributed by atoms with van der Waals surface area (Å²) in [7, 11) is 1.89. The minimum atomic E-state index is 0.288. The number of para-hydroxylation sites is 1. The van der Waals surface area contributed by atoms with Gasteiger partial charge in [-0.25, -0.2) is 0 Å². The lowest BCUT2D eigenvalue weighted by molar-refractivity contribution is 0.300. The fourth-order valence-electron chi connectivity index (χ4n) is 2.25. The van der Waals surface area contributed by atoms with E-state index in [1.165, 1.54) is 0 Å². The van der Waals surface area contributed by atoms with E-state index >= 15 is 0 Å². The molecule has 0 aliphatic carbocycles. The molecule has 3 aromatic rings.